The Hall–Kier alpha value is -0.0800. The van der Waals surface area contributed by atoms with Gasteiger partial charge in [0.1, 0.15) is 0 Å². The molecular weight excluding hydrogens is 124 g/mol. The average molecular weight is 144 g/mol. The first-order valence-corrected chi connectivity index (χ1v) is 3.93. The summed E-state index contributed by atoms with van der Waals surface area (Å²) in [6, 6.07) is 0.657. The fourth-order valence-corrected chi connectivity index (χ4v) is 0.743. The normalized spacial score (nSPS) is 14.7. The molecule has 0 saturated heterocycles. The summed E-state index contributed by atoms with van der Waals surface area (Å²) in [6.45, 7) is 6.72. The number of nitrogens with zero attached hydrogens (tertiary/aromatic N) is 2. The van der Waals surface area contributed by atoms with Crippen molar-refractivity contribution in [2.24, 2.45) is 0 Å². The second-order valence-electron chi connectivity index (χ2n) is 3.17. The minimum Gasteiger partial charge on any atom is -0.305 e. The summed E-state index contributed by atoms with van der Waals surface area (Å²) in [5, 5.41) is 0. The zero-order valence-corrected chi connectivity index (χ0v) is 7.89. The number of hydrogen-bond acceptors (Lipinski definition) is 2. The van der Waals surface area contributed by atoms with Crippen LogP contribution in [0.5, 0.6) is 0 Å². The molecule has 0 rings (SSSR count). The van der Waals surface area contributed by atoms with E-state index in [0.29, 0.717) is 6.04 Å². The third kappa shape index (κ3) is 3.85. The minimum atomic E-state index is 0.657. The molecule has 0 aliphatic heterocycles. The van der Waals surface area contributed by atoms with Gasteiger partial charge in [0.25, 0.3) is 0 Å². The van der Waals surface area contributed by atoms with E-state index in [9.17, 15) is 0 Å². The van der Waals surface area contributed by atoms with Gasteiger partial charge in [-0.15, -0.1) is 0 Å². The van der Waals surface area contributed by atoms with Crippen LogP contribution in [0.2, 0.25) is 0 Å². The number of hydrogen-bond donors (Lipinski definition) is 0. The van der Waals surface area contributed by atoms with Crippen molar-refractivity contribution < 1.29 is 0 Å². The van der Waals surface area contributed by atoms with E-state index >= 15 is 0 Å². The lowest BCUT2D eigenvalue weighted by Gasteiger charge is -2.24. The second-order valence-corrected chi connectivity index (χ2v) is 3.17. The molecule has 10 heavy (non-hydrogen) atoms. The quantitative estimate of drug-likeness (QED) is 0.578. The Morgan fingerprint density at radius 3 is 2.00 bits per heavy atom. The molecule has 0 aliphatic carbocycles. The van der Waals surface area contributed by atoms with Crippen molar-refractivity contribution >= 4 is 0 Å². The zero-order chi connectivity index (χ0) is 8.15. The maximum Gasteiger partial charge on any atom is 0.0188 e. The van der Waals surface area contributed by atoms with Gasteiger partial charge in [0.05, 0.1) is 0 Å². The summed E-state index contributed by atoms with van der Waals surface area (Å²) in [5.74, 6) is 0. The summed E-state index contributed by atoms with van der Waals surface area (Å²) in [7, 11) is 6.39. The van der Waals surface area contributed by atoms with E-state index < -0.39 is 0 Å². The maximum atomic E-state index is 2.32. The topological polar surface area (TPSA) is 6.48 Å². The molecule has 2 nitrogen and oxygen atoms in total. The van der Waals surface area contributed by atoms with Crippen LogP contribution < -0.4 is 0 Å². The minimum absolute atomic E-state index is 0.657. The summed E-state index contributed by atoms with van der Waals surface area (Å²) in [4.78, 5) is 4.57. The second kappa shape index (κ2) is 4.69. The lowest BCUT2D eigenvalue weighted by atomic mass is 10.3. The van der Waals surface area contributed by atoms with E-state index in [1.807, 2.05) is 0 Å². The number of rotatable bonds is 4. The van der Waals surface area contributed by atoms with E-state index in [4.69, 9.17) is 0 Å². The molecule has 0 aliphatic rings. The van der Waals surface area contributed by atoms with Crippen LogP contribution in [-0.4, -0.2) is 50.1 Å². The Bertz CT molecular complexity index is 81.3. The van der Waals surface area contributed by atoms with E-state index in [0.717, 1.165) is 13.1 Å². The molecule has 0 amide bonds. The molecule has 0 fully saturated rings. The lowest BCUT2D eigenvalue weighted by molar-refractivity contribution is 0.226. The lowest BCUT2D eigenvalue weighted by Crippen LogP contribution is -2.36. The summed E-state index contributed by atoms with van der Waals surface area (Å²) in [5.41, 5.74) is 0. The van der Waals surface area contributed by atoms with Gasteiger partial charge < -0.3 is 9.80 Å². The van der Waals surface area contributed by atoms with E-state index in [1.165, 1.54) is 0 Å². The van der Waals surface area contributed by atoms with Crippen molar-refractivity contribution in [3.8, 4) is 0 Å². The molecule has 0 heterocycles. The van der Waals surface area contributed by atoms with Crippen LogP contribution in [0.15, 0.2) is 0 Å². The fraction of sp³-hybridized carbons (Fsp3) is 1.00. The van der Waals surface area contributed by atoms with Crippen LogP contribution in [0, 0.1) is 0 Å². The van der Waals surface area contributed by atoms with Crippen LogP contribution >= 0.6 is 0 Å². The van der Waals surface area contributed by atoms with Gasteiger partial charge >= 0.3 is 0 Å². The van der Waals surface area contributed by atoms with Crippen molar-refractivity contribution in [1.29, 1.82) is 0 Å². The first kappa shape index (κ1) is 9.92. The highest BCUT2D eigenvalue weighted by molar-refractivity contribution is 4.62. The summed E-state index contributed by atoms with van der Waals surface area (Å²) >= 11 is 0. The molecule has 2 heteroatoms. The predicted octanol–water partition coefficient (Wildman–Crippen LogP) is 0.888. The van der Waals surface area contributed by atoms with Crippen molar-refractivity contribution in [2.75, 3.05) is 34.2 Å². The highest BCUT2D eigenvalue weighted by atomic mass is 15.2. The predicted molar refractivity (Wildman–Crippen MR) is 46.3 cm³/mol. The first-order valence-electron chi connectivity index (χ1n) is 3.93. The molecule has 0 radical (unpaired) electrons. The Kier molecular flexibility index (Phi) is 4.65. The molecule has 0 saturated carbocycles. The molecule has 0 unspecified atom stereocenters. The summed E-state index contributed by atoms with van der Waals surface area (Å²) in [6.07, 6.45) is 0. The molecule has 0 N–H and O–H groups in total. The third-order valence-corrected chi connectivity index (χ3v) is 2.00. The SMILES string of the molecule is CCN(C)C[C@@H](C)N(C)C. The van der Waals surface area contributed by atoms with Crippen LogP contribution in [-0.2, 0) is 0 Å². The van der Waals surface area contributed by atoms with E-state index in [1.54, 1.807) is 0 Å². The Morgan fingerprint density at radius 1 is 1.20 bits per heavy atom. The molecule has 0 aromatic carbocycles. The molecule has 1 atom stereocenters. The van der Waals surface area contributed by atoms with Crippen LogP contribution in [0.1, 0.15) is 13.8 Å². The standard InChI is InChI=1S/C8H20N2/c1-6-10(5)7-8(2)9(3)4/h8H,6-7H2,1-5H3/t8-/m1/s1. The van der Waals surface area contributed by atoms with Crippen LogP contribution in [0.4, 0.5) is 0 Å². The smallest absolute Gasteiger partial charge is 0.0188 e. The van der Waals surface area contributed by atoms with Crippen molar-refractivity contribution in [3.05, 3.63) is 0 Å². The third-order valence-electron chi connectivity index (χ3n) is 2.00. The average Bonchev–Trinajstić information content (AvgIpc) is 1.87. The van der Waals surface area contributed by atoms with Gasteiger partial charge in [-0.3, -0.25) is 0 Å². The molecule has 0 bridgehead atoms. The Morgan fingerprint density at radius 2 is 1.70 bits per heavy atom. The maximum absolute atomic E-state index is 2.32. The van der Waals surface area contributed by atoms with Crippen LogP contribution in [0.25, 0.3) is 0 Å². The fourth-order valence-electron chi connectivity index (χ4n) is 0.743. The first-order chi connectivity index (χ1) is 4.57. The Labute approximate surface area is 64.8 Å². The molecule has 0 spiro atoms. The zero-order valence-electron chi connectivity index (χ0n) is 7.89. The Balaban J connectivity index is 3.46. The molecule has 0 aromatic rings. The highest BCUT2D eigenvalue weighted by Crippen LogP contribution is 1.93. The van der Waals surface area contributed by atoms with Gasteiger partial charge in [-0.25, -0.2) is 0 Å². The van der Waals surface area contributed by atoms with E-state index in [2.05, 4.69) is 44.8 Å². The van der Waals surface area contributed by atoms with E-state index in [-0.39, 0.29) is 0 Å². The van der Waals surface area contributed by atoms with Gasteiger partial charge in [0.15, 0.2) is 0 Å². The summed E-state index contributed by atoms with van der Waals surface area (Å²) < 4.78 is 0. The van der Waals surface area contributed by atoms with Crippen molar-refractivity contribution in [2.45, 2.75) is 19.9 Å². The van der Waals surface area contributed by atoms with Crippen molar-refractivity contribution in [1.82, 2.24) is 9.80 Å². The van der Waals surface area contributed by atoms with Gasteiger partial charge in [-0.1, -0.05) is 6.92 Å². The van der Waals surface area contributed by atoms with Crippen molar-refractivity contribution in [3.63, 3.8) is 0 Å². The molecular formula is C8H20N2. The van der Waals surface area contributed by atoms with Gasteiger partial charge in [0.2, 0.25) is 0 Å². The van der Waals surface area contributed by atoms with Gasteiger partial charge in [0, 0.05) is 12.6 Å². The monoisotopic (exact) mass is 144 g/mol. The van der Waals surface area contributed by atoms with Gasteiger partial charge in [-0.2, -0.15) is 0 Å². The molecule has 62 valence electrons. The molecule has 0 aromatic heterocycles. The highest BCUT2D eigenvalue weighted by Gasteiger charge is 2.05. The van der Waals surface area contributed by atoms with Crippen LogP contribution in [0.3, 0.4) is 0 Å². The largest absolute Gasteiger partial charge is 0.305 e. The number of likely N-dealkylation sites (N-methyl/N-ethyl adjacent to an activating group) is 2. The van der Waals surface area contributed by atoms with Gasteiger partial charge in [-0.05, 0) is 34.6 Å².